The molecule has 4 heteroatoms. The molecule has 0 unspecified atom stereocenters. The van der Waals surface area contributed by atoms with Gasteiger partial charge >= 0.3 is 0 Å². The minimum Gasteiger partial charge on any atom is -0.465 e. The summed E-state index contributed by atoms with van der Waals surface area (Å²) in [5.74, 6) is 3.78. The van der Waals surface area contributed by atoms with E-state index in [1.807, 2.05) is 6.92 Å². The van der Waals surface area contributed by atoms with Crippen molar-refractivity contribution in [3.8, 4) is 0 Å². The Bertz CT molecular complexity index is 696. The maximum absolute atomic E-state index is 5.83. The minimum absolute atomic E-state index is 0.594. The highest BCUT2D eigenvalue weighted by atomic mass is 16.3. The molecule has 0 radical (unpaired) electrons. The normalized spacial score (nSPS) is 19.4. The van der Waals surface area contributed by atoms with Gasteiger partial charge in [0.1, 0.15) is 17.3 Å². The van der Waals surface area contributed by atoms with Crippen LogP contribution in [0, 0.1) is 13.8 Å². The van der Waals surface area contributed by atoms with E-state index < -0.39 is 0 Å². The summed E-state index contributed by atoms with van der Waals surface area (Å²) in [4.78, 5) is 12.1. The van der Waals surface area contributed by atoms with Gasteiger partial charge < -0.3 is 4.42 Å². The third kappa shape index (κ3) is 3.25. The van der Waals surface area contributed by atoms with E-state index >= 15 is 0 Å². The fraction of sp³-hybridized carbons (Fsp3) is 0.600. The lowest BCUT2D eigenvalue weighted by atomic mass is 9.88. The second-order valence-corrected chi connectivity index (χ2v) is 7.45. The molecule has 4 nitrogen and oxygen atoms in total. The van der Waals surface area contributed by atoms with E-state index in [9.17, 15) is 0 Å². The van der Waals surface area contributed by atoms with Crippen LogP contribution in [0.3, 0.4) is 0 Å². The zero-order valence-corrected chi connectivity index (χ0v) is 14.8. The fourth-order valence-corrected chi connectivity index (χ4v) is 4.03. The van der Waals surface area contributed by atoms with Gasteiger partial charge in [-0.3, -0.25) is 4.90 Å². The van der Waals surface area contributed by atoms with Crippen molar-refractivity contribution in [2.75, 3.05) is 6.54 Å². The van der Waals surface area contributed by atoms with Crippen LogP contribution in [0.5, 0.6) is 0 Å². The van der Waals surface area contributed by atoms with E-state index in [4.69, 9.17) is 14.4 Å². The van der Waals surface area contributed by atoms with Crippen LogP contribution in [0.25, 0.3) is 0 Å². The lowest BCUT2D eigenvalue weighted by molar-refractivity contribution is 0.221. The molecule has 1 saturated carbocycles. The van der Waals surface area contributed by atoms with Crippen LogP contribution in [0.1, 0.15) is 72.2 Å². The van der Waals surface area contributed by atoms with Crippen molar-refractivity contribution in [3.05, 3.63) is 46.4 Å². The Morgan fingerprint density at radius 2 is 2.04 bits per heavy atom. The highest BCUT2D eigenvalue weighted by Crippen LogP contribution is 2.31. The Labute approximate surface area is 144 Å². The van der Waals surface area contributed by atoms with Crippen molar-refractivity contribution in [3.63, 3.8) is 0 Å². The molecule has 1 aliphatic heterocycles. The molecule has 0 aromatic carbocycles. The van der Waals surface area contributed by atoms with Crippen molar-refractivity contribution < 1.29 is 4.42 Å². The smallest absolute Gasteiger partial charge is 0.131 e. The van der Waals surface area contributed by atoms with E-state index in [1.165, 1.54) is 48.9 Å². The van der Waals surface area contributed by atoms with Crippen LogP contribution in [-0.4, -0.2) is 21.4 Å². The van der Waals surface area contributed by atoms with Gasteiger partial charge in [-0.1, -0.05) is 19.3 Å². The van der Waals surface area contributed by atoms with Crippen molar-refractivity contribution in [1.29, 1.82) is 0 Å². The predicted octanol–water partition coefficient (Wildman–Crippen LogP) is 4.29. The maximum Gasteiger partial charge on any atom is 0.131 e. The fourth-order valence-electron chi connectivity index (χ4n) is 4.03. The van der Waals surface area contributed by atoms with Crippen LogP contribution >= 0.6 is 0 Å². The lowest BCUT2D eigenvalue weighted by Gasteiger charge is -2.28. The van der Waals surface area contributed by atoms with Gasteiger partial charge in [0.05, 0.1) is 6.54 Å². The molecule has 0 amide bonds. The standard InChI is InChI=1S/C20H27N3O/c1-14-10-18(24-15(14)2)13-23-9-8-19-17(12-23)11-21-20(22-19)16-6-4-3-5-7-16/h10-11,16H,3-9,12-13H2,1-2H3. The second kappa shape index (κ2) is 6.67. The summed E-state index contributed by atoms with van der Waals surface area (Å²) in [6, 6.07) is 2.16. The van der Waals surface area contributed by atoms with Gasteiger partial charge in [0.15, 0.2) is 0 Å². The number of rotatable bonds is 3. The maximum atomic E-state index is 5.83. The molecule has 2 aromatic rings. The first-order valence-electron chi connectivity index (χ1n) is 9.32. The number of aryl methyl sites for hydroxylation is 2. The van der Waals surface area contributed by atoms with Crippen LogP contribution in [-0.2, 0) is 19.5 Å². The molecule has 0 atom stereocenters. The zero-order valence-electron chi connectivity index (χ0n) is 14.8. The minimum atomic E-state index is 0.594. The van der Waals surface area contributed by atoms with Crippen molar-refractivity contribution in [1.82, 2.24) is 14.9 Å². The SMILES string of the molecule is Cc1cc(CN2CCc3nc(C4CCCCC4)ncc3C2)oc1C. The lowest BCUT2D eigenvalue weighted by Crippen LogP contribution is -2.31. The summed E-state index contributed by atoms with van der Waals surface area (Å²) in [5.41, 5.74) is 3.80. The van der Waals surface area contributed by atoms with Gasteiger partial charge in [-0.2, -0.15) is 0 Å². The Morgan fingerprint density at radius 3 is 2.79 bits per heavy atom. The predicted molar refractivity (Wildman–Crippen MR) is 93.9 cm³/mol. The Kier molecular flexibility index (Phi) is 4.40. The molecule has 1 aliphatic carbocycles. The molecule has 0 N–H and O–H groups in total. The first-order valence-corrected chi connectivity index (χ1v) is 9.32. The zero-order chi connectivity index (χ0) is 16.5. The summed E-state index contributed by atoms with van der Waals surface area (Å²) in [6.07, 6.45) is 9.68. The van der Waals surface area contributed by atoms with E-state index in [-0.39, 0.29) is 0 Å². The molecule has 2 aromatic heterocycles. The average Bonchev–Trinajstić information content (AvgIpc) is 2.92. The van der Waals surface area contributed by atoms with E-state index in [0.29, 0.717) is 5.92 Å². The highest BCUT2D eigenvalue weighted by molar-refractivity contribution is 5.23. The molecular formula is C20H27N3O. The molecule has 0 spiro atoms. The molecule has 4 rings (SSSR count). The van der Waals surface area contributed by atoms with E-state index in [0.717, 1.165) is 43.4 Å². The number of aromatic nitrogens is 2. The van der Waals surface area contributed by atoms with Gasteiger partial charge in [0.25, 0.3) is 0 Å². The molecule has 2 aliphatic rings. The largest absolute Gasteiger partial charge is 0.465 e. The molecule has 0 bridgehead atoms. The van der Waals surface area contributed by atoms with Crippen LogP contribution in [0.15, 0.2) is 16.7 Å². The Balaban J connectivity index is 1.45. The molecule has 24 heavy (non-hydrogen) atoms. The first-order chi connectivity index (χ1) is 11.7. The molecule has 3 heterocycles. The molecule has 1 fully saturated rings. The Hall–Kier alpha value is -1.68. The number of nitrogens with zero attached hydrogens (tertiary/aromatic N) is 3. The van der Waals surface area contributed by atoms with Crippen molar-refractivity contribution >= 4 is 0 Å². The number of hydrogen-bond acceptors (Lipinski definition) is 4. The van der Waals surface area contributed by atoms with Crippen molar-refractivity contribution in [2.45, 2.75) is 71.4 Å². The van der Waals surface area contributed by atoms with E-state index in [2.05, 4.69) is 24.1 Å². The molecular weight excluding hydrogens is 298 g/mol. The molecule has 0 saturated heterocycles. The van der Waals surface area contributed by atoms with Gasteiger partial charge in [-0.25, -0.2) is 9.97 Å². The van der Waals surface area contributed by atoms with Crippen molar-refractivity contribution in [2.24, 2.45) is 0 Å². The number of furan rings is 1. The van der Waals surface area contributed by atoms with Crippen LogP contribution in [0.2, 0.25) is 0 Å². The van der Waals surface area contributed by atoms with E-state index in [1.54, 1.807) is 0 Å². The second-order valence-electron chi connectivity index (χ2n) is 7.45. The average molecular weight is 325 g/mol. The van der Waals surface area contributed by atoms with Gasteiger partial charge in [-0.15, -0.1) is 0 Å². The van der Waals surface area contributed by atoms with Gasteiger partial charge in [0, 0.05) is 42.9 Å². The quantitative estimate of drug-likeness (QED) is 0.844. The summed E-state index contributed by atoms with van der Waals surface area (Å²) in [7, 11) is 0. The third-order valence-electron chi connectivity index (χ3n) is 5.60. The topological polar surface area (TPSA) is 42.2 Å². The van der Waals surface area contributed by atoms with Gasteiger partial charge in [0.2, 0.25) is 0 Å². The first kappa shape index (κ1) is 15.8. The highest BCUT2D eigenvalue weighted by Gasteiger charge is 2.23. The Morgan fingerprint density at radius 1 is 1.21 bits per heavy atom. The number of fused-ring (bicyclic) bond motifs is 1. The van der Waals surface area contributed by atoms with Crippen LogP contribution in [0.4, 0.5) is 0 Å². The van der Waals surface area contributed by atoms with Gasteiger partial charge in [-0.05, 0) is 38.3 Å². The molecule has 128 valence electrons. The summed E-state index contributed by atoms with van der Waals surface area (Å²) in [6.45, 7) is 6.99. The summed E-state index contributed by atoms with van der Waals surface area (Å²) >= 11 is 0. The third-order valence-corrected chi connectivity index (χ3v) is 5.60. The monoisotopic (exact) mass is 325 g/mol. The number of hydrogen-bond donors (Lipinski definition) is 0. The van der Waals surface area contributed by atoms with Crippen LogP contribution < -0.4 is 0 Å². The summed E-state index contributed by atoms with van der Waals surface area (Å²) in [5, 5.41) is 0. The summed E-state index contributed by atoms with van der Waals surface area (Å²) < 4.78 is 5.83.